The first-order valence-electron chi connectivity index (χ1n) is 6.05. The van der Waals surface area contributed by atoms with Gasteiger partial charge in [-0.1, -0.05) is 47.6 Å². The molecule has 1 aromatic heterocycles. The fourth-order valence-electron chi connectivity index (χ4n) is 1.66. The number of rotatable bonds is 5. The molecule has 1 aromatic carbocycles. The smallest absolute Gasteiger partial charge is 0.110 e. The maximum absolute atomic E-state index is 6.04. The lowest BCUT2D eigenvalue weighted by Gasteiger charge is -2.07. The van der Waals surface area contributed by atoms with Gasteiger partial charge in [-0.3, -0.25) is 0 Å². The zero-order valence-electron chi connectivity index (χ0n) is 10.8. The molecule has 0 saturated carbocycles. The normalized spacial score (nSPS) is 11.2. The van der Waals surface area contributed by atoms with Crippen LogP contribution in [0.3, 0.4) is 0 Å². The van der Waals surface area contributed by atoms with Gasteiger partial charge in [-0.2, -0.15) is 0 Å². The van der Waals surface area contributed by atoms with Gasteiger partial charge in [0.15, 0.2) is 0 Å². The van der Waals surface area contributed by atoms with Crippen molar-refractivity contribution in [1.82, 2.24) is 14.9 Å². The summed E-state index contributed by atoms with van der Waals surface area (Å²) in [5.41, 5.74) is 1.82. The summed E-state index contributed by atoms with van der Waals surface area (Å²) < 4.78 is 4.02. The van der Waals surface area contributed by atoms with Crippen LogP contribution < -0.4 is 5.32 Å². The van der Waals surface area contributed by atoms with Gasteiger partial charge in [0.2, 0.25) is 0 Å². The van der Waals surface area contributed by atoms with Gasteiger partial charge >= 0.3 is 0 Å². The van der Waals surface area contributed by atoms with Crippen molar-refractivity contribution in [2.75, 3.05) is 6.54 Å². The maximum Gasteiger partial charge on any atom is 0.110 e. The third-order valence-electron chi connectivity index (χ3n) is 2.59. The highest BCUT2D eigenvalue weighted by molar-refractivity contribution is 7.05. The van der Waals surface area contributed by atoms with Crippen molar-refractivity contribution in [1.29, 1.82) is 0 Å². The Kier molecular flexibility index (Phi) is 5.16. The van der Waals surface area contributed by atoms with Crippen LogP contribution in [0.15, 0.2) is 18.2 Å². The van der Waals surface area contributed by atoms with Gasteiger partial charge < -0.3 is 5.32 Å². The zero-order valence-corrected chi connectivity index (χ0v) is 13.1. The number of aromatic nitrogens is 2. The summed E-state index contributed by atoms with van der Waals surface area (Å²) in [7, 11) is 0. The van der Waals surface area contributed by atoms with E-state index in [4.69, 9.17) is 23.2 Å². The molecule has 2 rings (SSSR count). The van der Waals surface area contributed by atoms with Gasteiger partial charge in [0.1, 0.15) is 5.69 Å². The number of hydrogen-bond acceptors (Lipinski definition) is 4. The summed E-state index contributed by atoms with van der Waals surface area (Å²) in [5, 5.41) is 8.66. The monoisotopic (exact) mass is 315 g/mol. The number of benzene rings is 1. The summed E-state index contributed by atoms with van der Waals surface area (Å²) in [6.07, 6.45) is 0. The lowest BCUT2D eigenvalue weighted by molar-refractivity contribution is 0.555. The molecule has 0 aliphatic heterocycles. The average Bonchev–Trinajstić information content (AvgIpc) is 2.80. The van der Waals surface area contributed by atoms with E-state index in [0.29, 0.717) is 16.0 Å². The Labute approximate surface area is 127 Å². The molecule has 6 heteroatoms. The summed E-state index contributed by atoms with van der Waals surface area (Å²) in [5.74, 6) is 0.620. The summed E-state index contributed by atoms with van der Waals surface area (Å²) in [6.45, 7) is 6.10. The lowest BCUT2D eigenvalue weighted by atomic mass is 10.1. The zero-order chi connectivity index (χ0) is 13.8. The van der Waals surface area contributed by atoms with Crippen LogP contribution in [0.1, 0.15) is 18.7 Å². The van der Waals surface area contributed by atoms with E-state index in [9.17, 15) is 0 Å². The third-order valence-corrected chi connectivity index (χ3v) is 4.05. The van der Waals surface area contributed by atoms with Gasteiger partial charge in [0, 0.05) is 12.1 Å². The molecular formula is C13H15Cl2N3S. The van der Waals surface area contributed by atoms with E-state index in [1.807, 2.05) is 12.1 Å². The molecule has 0 spiro atoms. The Morgan fingerprint density at radius 3 is 2.74 bits per heavy atom. The lowest BCUT2D eigenvalue weighted by Crippen LogP contribution is -2.18. The Morgan fingerprint density at radius 2 is 2.05 bits per heavy atom. The molecule has 1 N–H and O–H groups in total. The summed E-state index contributed by atoms with van der Waals surface area (Å²) in [6, 6.07) is 5.52. The van der Waals surface area contributed by atoms with E-state index < -0.39 is 0 Å². The van der Waals surface area contributed by atoms with E-state index in [1.165, 1.54) is 11.5 Å². The van der Waals surface area contributed by atoms with Gasteiger partial charge in [0.25, 0.3) is 0 Å². The standard InChI is InChI=1S/C13H15Cl2N3S/c1-8(2)6-16-7-12-13(17-18-19-12)9-3-4-10(14)11(15)5-9/h3-5,8,16H,6-7H2,1-2H3. The van der Waals surface area contributed by atoms with Crippen LogP contribution in [0.5, 0.6) is 0 Å². The first kappa shape index (κ1) is 14.7. The van der Waals surface area contributed by atoms with E-state index in [0.717, 1.165) is 29.2 Å². The Morgan fingerprint density at radius 1 is 1.26 bits per heavy atom. The van der Waals surface area contributed by atoms with Gasteiger partial charge in [0.05, 0.1) is 14.9 Å². The van der Waals surface area contributed by atoms with Gasteiger partial charge in [-0.05, 0) is 36.1 Å². The summed E-state index contributed by atoms with van der Waals surface area (Å²) >= 11 is 13.4. The van der Waals surface area contributed by atoms with Crippen LogP contribution in [0.25, 0.3) is 11.3 Å². The molecule has 102 valence electrons. The van der Waals surface area contributed by atoms with Crippen molar-refractivity contribution in [2.24, 2.45) is 5.92 Å². The maximum atomic E-state index is 6.04. The molecule has 0 radical (unpaired) electrons. The Balaban J connectivity index is 2.16. The largest absolute Gasteiger partial charge is 0.311 e. The van der Waals surface area contributed by atoms with Crippen LogP contribution in [0.4, 0.5) is 0 Å². The molecule has 0 atom stereocenters. The first-order chi connectivity index (χ1) is 9.08. The predicted octanol–water partition coefficient (Wildman–Crippen LogP) is 4.26. The molecule has 0 aliphatic rings. The van der Waals surface area contributed by atoms with Crippen molar-refractivity contribution in [2.45, 2.75) is 20.4 Å². The minimum Gasteiger partial charge on any atom is -0.311 e. The van der Waals surface area contributed by atoms with Crippen molar-refractivity contribution in [3.63, 3.8) is 0 Å². The van der Waals surface area contributed by atoms with Gasteiger partial charge in [-0.15, -0.1) is 5.10 Å². The topological polar surface area (TPSA) is 37.8 Å². The Bertz CT molecular complexity index is 555. The SMILES string of the molecule is CC(C)CNCc1snnc1-c1ccc(Cl)c(Cl)c1. The summed E-state index contributed by atoms with van der Waals surface area (Å²) in [4.78, 5) is 1.11. The highest BCUT2D eigenvalue weighted by atomic mass is 35.5. The molecule has 0 bridgehead atoms. The highest BCUT2D eigenvalue weighted by Crippen LogP contribution is 2.30. The second-order valence-corrected chi connectivity index (χ2v) is 6.35. The van der Waals surface area contributed by atoms with Crippen LogP contribution in [-0.2, 0) is 6.54 Å². The van der Waals surface area contributed by atoms with Crippen molar-refractivity contribution < 1.29 is 0 Å². The molecule has 0 amide bonds. The third kappa shape index (κ3) is 3.89. The number of halogens is 2. The van der Waals surface area contributed by atoms with Gasteiger partial charge in [-0.25, -0.2) is 0 Å². The second kappa shape index (κ2) is 6.66. The molecule has 19 heavy (non-hydrogen) atoms. The van der Waals surface area contributed by atoms with Crippen molar-refractivity contribution >= 4 is 34.7 Å². The minimum atomic E-state index is 0.535. The molecule has 0 saturated heterocycles. The van der Waals surface area contributed by atoms with Crippen LogP contribution in [-0.4, -0.2) is 16.1 Å². The van der Waals surface area contributed by atoms with E-state index in [-0.39, 0.29) is 0 Å². The van der Waals surface area contributed by atoms with Crippen LogP contribution in [0.2, 0.25) is 10.0 Å². The predicted molar refractivity (Wildman–Crippen MR) is 81.9 cm³/mol. The minimum absolute atomic E-state index is 0.535. The number of nitrogens with one attached hydrogen (secondary N) is 1. The molecule has 3 nitrogen and oxygen atoms in total. The highest BCUT2D eigenvalue weighted by Gasteiger charge is 2.11. The fraction of sp³-hybridized carbons (Fsp3) is 0.385. The van der Waals surface area contributed by atoms with E-state index in [2.05, 4.69) is 28.8 Å². The molecular weight excluding hydrogens is 301 g/mol. The average molecular weight is 316 g/mol. The van der Waals surface area contributed by atoms with Crippen LogP contribution in [0, 0.1) is 5.92 Å². The molecule has 1 heterocycles. The molecule has 0 unspecified atom stereocenters. The van der Waals surface area contributed by atoms with Crippen LogP contribution >= 0.6 is 34.7 Å². The number of nitrogens with zero attached hydrogens (tertiary/aromatic N) is 2. The van der Waals surface area contributed by atoms with Crippen molar-refractivity contribution in [3.8, 4) is 11.3 Å². The fourth-order valence-corrected chi connectivity index (χ4v) is 2.59. The molecule has 0 aliphatic carbocycles. The number of hydrogen-bond donors (Lipinski definition) is 1. The quantitative estimate of drug-likeness (QED) is 0.896. The Hall–Kier alpha value is -0.680. The first-order valence-corrected chi connectivity index (χ1v) is 7.58. The van der Waals surface area contributed by atoms with Crippen molar-refractivity contribution in [3.05, 3.63) is 33.1 Å². The molecule has 0 fully saturated rings. The van der Waals surface area contributed by atoms with E-state index in [1.54, 1.807) is 6.07 Å². The second-order valence-electron chi connectivity index (χ2n) is 4.70. The molecule has 2 aromatic rings. The van der Waals surface area contributed by atoms with E-state index >= 15 is 0 Å².